The van der Waals surface area contributed by atoms with Crippen molar-refractivity contribution in [1.29, 1.82) is 0 Å². The van der Waals surface area contributed by atoms with E-state index in [9.17, 15) is 4.79 Å². The average Bonchev–Trinajstić information content (AvgIpc) is 3.10. The lowest BCUT2D eigenvalue weighted by atomic mass is 10.0. The number of hydrogen-bond donors (Lipinski definition) is 0. The van der Waals surface area contributed by atoms with E-state index in [1.165, 1.54) is 24.0 Å². The van der Waals surface area contributed by atoms with Crippen LogP contribution >= 0.6 is 0 Å². The first kappa shape index (κ1) is 16.1. The molecule has 0 saturated carbocycles. The molecule has 0 spiro atoms. The third-order valence-electron chi connectivity index (χ3n) is 5.22. The molecule has 2 aromatic carbocycles. The van der Waals surface area contributed by atoms with Gasteiger partial charge < -0.3 is 4.42 Å². The van der Waals surface area contributed by atoms with Crippen molar-refractivity contribution in [2.45, 2.75) is 38.8 Å². The highest BCUT2D eigenvalue weighted by molar-refractivity contribution is 5.80. The lowest BCUT2D eigenvalue weighted by Gasteiger charge is -2.25. The molecule has 1 aromatic heterocycles. The first-order chi connectivity index (χ1) is 12.2. The molecule has 4 rings (SSSR count). The van der Waals surface area contributed by atoms with Crippen molar-refractivity contribution in [2.75, 3.05) is 6.54 Å². The Morgan fingerprint density at radius 3 is 2.76 bits per heavy atom. The first-order valence-corrected chi connectivity index (χ1v) is 9.09. The van der Waals surface area contributed by atoms with Crippen LogP contribution in [0.5, 0.6) is 0 Å². The zero-order valence-corrected chi connectivity index (χ0v) is 14.6. The van der Waals surface area contributed by atoms with E-state index in [2.05, 4.69) is 54.3 Å². The molecule has 0 amide bonds. The number of likely N-dealkylation sites (tertiary alicyclic amines) is 1. The Morgan fingerprint density at radius 1 is 1.12 bits per heavy atom. The summed E-state index contributed by atoms with van der Waals surface area (Å²) in [5.74, 6) is 0. The topological polar surface area (TPSA) is 33.5 Å². The smallest absolute Gasteiger partial charge is 0.336 e. The summed E-state index contributed by atoms with van der Waals surface area (Å²) in [7, 11) is 0. The fourth-order valence-corrected chi connectivity index (χ4v) is 3.91. The third kappa shape index (κ3) is 3.24. The highest BCUT2D eigenvalue weighted by atomic mass is 16.4. The molecule has 1 fully saturated rings. The lowest BCUT2D eigenvalue weighted by Crippen LogP contribution is -2.23. The molecule has 0 bridgehead atoms. The van der Waals surface area contributed by atoms with E-state index in [0.717, 1.165) is 30.5 Å². The van der Waals surface area contributed by atoms with Crippen LogP contribution in [0.2, 0.25) is 0 Å². The van der Waals surface area contributed by atoms with Gasteiger partial charge in [0.1, 0.15) is 5.58 Å². The Labute approximate surface area is 147 Å². The molecule has 0 radical (unpaired) electrons. The van der Waals surface area contributed by atoms with Crippen LogP contribution in [0, 0.1) is 0 Å². The van der Waals surface area contributed by atoms with Crippen LogP contribution in [0.25, 0.3) is 11.0 Å². The number of aryl methyl sites for hydroxylation is 1. The van der Waals surface area contributed by atoms with E-state index in [4.69, 9.17) is 4.42 Å². The summed E-state index contributed by atoms with van der Waals surface area (Å²) in [6.45, 7) is 3.96. The summed E-state index contributed by atoms with van der Waals surface area (Å²) in [5.41, 5.74) is 4.07. The quantitative estimate of drug-likeness (QED) is 0.649. The largest absolute Gasteiger partial charge is 0.423 e. The monoisotopic (exact) mass is 333 g/mol. The summed E-state index contributed by atoms with van der Waals surface area (Å²) in [4.78, 5) is 14.5. The molecule has 1 aliphatic rings. The minimum absolute atomic E-state index is 0.258. The van der Waals surface area contributed by atoms with Crippen LogP contribution in [0.3, 0.4) is 0 Å². The van der Waals surface area contributed by atoms with Crippen molar-refractivity contribution in [1.82, 2.24) is 4.90 Å². The number of fused-ring (bicyclic) bond motifs is 1. The highest BCUT2D eigenvalue weighted by Gasteiger charge is 2.26. The Bertz CT molecular complexity index is 930. The Kier molecular flexibility index (Phi) is 4.41. The van der Waals surface area contributed by atoms with Gasteiger partial charge in [-0.05, 0) is 48.6 Å². The normalized spacial score (nSPS) is 18.0. The minimum Gasteiger partial charge on any atom is -0.423 e. The van der Waals surface area contributed by atoms with Gasteiger partial charge in [-0.15, -0.1) is 0 Å². The van der Waals surface area contributed by atoms with E-state index >= 15 is 0 Å². The van der Waals surface area contributed by atoms with Crippen LogP contribution in [0.4, 0.5) is 0 Å². The molecule has 1 atom stereocenters. The lowest BCUT2D eigenvalue weighted by molar-refractivity contribution is 0.249. The van der Waals surface area contributed by atoms with Gasteiger partial charge in [-0.2, -0.15) is 0 Å². The Morgan fingerprint density at radius 2 is 1.96 bits per heavy atom. The number of rotatable bonds is 4. The first-order valence-electron chi connectivity index (χ1n) is 9.09. The summed E-state index contributed by atoms with van der Waals surface area (Å²) in [5, 5.41) is 1.05. The fourth-order valence-electron chi connectivity index (χ4n) is 3.91. The predicted octanol–water partition coefficient (Wildman–Crippen LogP) is 4.69. The molecule has 3 heteroatoms. The summed E-state index contributed by atoms with van der Waals surface area (Å²) < 4.78 is 5.45. The van der Waals surface area contributed by atoms with Crippen LogP contribution < -0.4 is 5.63 Å². The van der Waals surface area contributed by atoms with Gasteiger partial charge in [0.25, 0.3) is 0 Å². The molecule has 128 valence electrons. The maximum atomic E-state index is 12.0. The van der Waals surface area contributed by atoms with Crippen molar-refractivity contribution in [3.05, 3.63) is 81.7 Å². The number of nitrogens with zero attached hydrogens (tertiary/aromatic N) is 1. The number of benzene rings is 2. The van der Waals surface area contributed by atoms with Gasteiger partial charge in [-0.3, -0.25) is 4.90 Å². The molecule has 1 aliphatic heterocycles. The zero-order valence-electron chi connectivity index (χ0n) is 14.6. The van der Waals surface area contributed by atoms with Crippen LogP contribution in [0.15, 0.2) is 63.8 Å². The molecule has 0 aliphatic carbocycles. The molecule has 1 saturated heterocycles. The molecule has 0 N–H and O–H groups in total. The second-order valence-corrected chi connectivity index (χ2v) is 6.81. The molecule has 2 heterocycles. The van der Waals surface area contributed by atoms with Crippen molar-refractivity contribution in [2.24, 2.45) is 0 Å². The van der Waals surface area contributed by atoms with Gasteiger partial charge in [0.2, 0.25) is 0 Å². The van der Waals surface area contributed by atoms with E-state index in [1.807, 2.05) is 6.07 Å². The number of hydrogen-bond acceptors (Lipinski definition) is 3. The van der Waals surface area contributed by atoms with Crippen LogP contribution in [0.1, 0.15) is 42.5 Å². The maximum absolute atomic E-state index is 12.0. The third-order valence-corrected chi connectivity index (χ3v) is 5.22. The summed E-state index contributed by atoms with van der Waals surface area (Å²) in [6, 6.07) is 19.0. The SMILES string of the molecule is CCc1ccc2c(CN3CCC[C@@H]3c3ccccc3)cc(=O)oc2c1. The molecule has 0 unspecified atom stereocenters. The molecule has 3 nitrogen and oxygen atoms in total. The van der Waals surface area contributed by atoms with E-state index in [-0.39, 0.29) is 5.63 Å². The van der Waals surface area contributed by atoms with Gasteiger partial charge in [-0.1, -0.05) is 49.4 Å². The van der Waals surface area contributed by atoms with Crippen molar-refractivity contribution >= 4 is 11.0 Å². The Hall–Kier alpha value is -2.39. The second kappa shape index (κ2) is 6.85. The summed E-state index contributed by atoms with van der Waals surface area (Å²) in [6.07, 6.45) is 3.30. The van der Waals surface area contributed by atoms with E-state index < -0.39 is 0 Å². The fraction of sp³-hybridized carbons (Fsp3) is 0.318. The maximum Gasteiger partial charge on any atom is 0.336 e. The van der Waals surface area contributed by atoms with Gasteiger partial charge in [0, 0.05) is 24.0 Å². The predicted molar refractivity (Wildman–Crippen MR) is 101 cm³/mol. The van der Waals surface area contributed by atoms with Crippen LogP contribution in [-0.4, -0.2) is 11.4 Å². The van der Waals surface area contributed by atoms with Gasteiger partial charge in [-0.25, -0.2) is 4.79 Å². The molecular weight excluding hydrogens is 310 g/mol. The Balaban J connectivity index is 1.69. The zero-order chi connectivity index (χ0) is 17.2. The standard InChI is InChI=1S/C22H23NO2/c1-2-16-10-11-19-18(14-22(24)25-21(19)13-16)15-23-12-6-9-20(23)17-7-4-3-5-8-17/h3-5,7-8,10-11,13-14,20H,2,6,9,12,15H2,1H3/t20-/m1/s1. The van der Waals surface area contributed by atoms with Gasteiger partial charge in [0.05, 0.1) is 0 Å². The van der Waals surface area contributed by atoms with Gasteiger partial charge in [0.15, 0.2) is 0 Å². The van der Waals surface area contributed by atoms with E-state index in [0.29, 0.717) is 11.6 Å². The molecule has 25 heavy (non-hydrogen) atoms. The van der Waals surface area contributed by atoms with Crippen molar-refractivity contribution in [3.63, 3.8) is 0 Å². The minimum atomic E-state index is -0.258. The van der Waals surface area contributed by atoms with Crippen LogP contribution in [-0.2, 0) is 13.0 Å². The highest BCUT2D eigenvalue weighted by Crippen LogP contribution is 2.33. The molecule has 3 aromatic rings. The summed E-state index contributed by atoms with van der Waals surface area (Å²) >= 11 is 0. The van der Waals surface area contributed by atoms with Crippen molar-refractivity contribution in [3.8, 4) is 0 Å². The second-order valence-electron chi connectivity index (χ2n) is 6.81. The van der Waals surface area contributed by atoms with E-state index in [1.54, 1.807) is 6.07 Å². The van der Waals surface area contributed by atoms with Crippen molar-refractivity contribution < 1.29 is 4.42 Å². The average molecular weight is 333 g/mol. The van der Waals surface area contributed by atoms with Gasteiger partial charge >= 0.3 is 5.63 Å². The molecular formula is C22H23NO2.